The molecule has 2 unspecified atom stereocenters. The summed E-state index contributed by atoms with van der Waals surface area (Å²) in [6, 6.07) is 7.12. The Morgan fingerprint density at radius 2 is 1.74 bits per heavy atom. The molecule has 0 spiro atoms. The lowest BCUT2D eigenvalue weighted by Crippen LogP contribution is -2.53. The van der Waals surface area contributed by atoms with Crippen molar-refractivity contribution < 1.29 is 26.4 Å². The number of likely N-dealkylation sites (tertiary alicyclic amines) is 1. The van der Waals surface area contributed by atoms with Crippen LogP contribution in [-0.2, 0) is 16.2 Å². The second kappa shape index (κ2) is 11.1. The number of pyridine rings is 1. The Balaban J connectivity index is 1.52. The number of halogens is 5. The van der Waals surface area contributed by atoms with Crippen molar-refractivity contribution in [3.05, 3.63) is 57.7 Å². The molecule has 4 rings (SSSR count). The molecule has 0 saturated carbocycles. The molecule has 2 fully saturated rings. The largest absolute Gasteiger partial charge is 0.417 e. The van der Waals surface area contributed by atoms with Gasteiger partial charge in [-0.2, -0.15) is 17.5 Å². The average Bonchev–Trinajstić information content (AvgIpc) is 3.30. The third-order valence-electron chi connectivity index (χ3n) is 7.09. The highest BCUT2D eigenvalue weighted by Gasteiger charge is 2.41. The number of sulfonamides is 1. The molecule has 3 heterocycles. The minimum Gasteiger partial charge on any atom is -0.367 e. The zero-order chi connectivity index (χ0) is 27.8. The number of anilines is 1. The van der Waals surface area contributed by atoms with E-state index in [1.165, 1.54) is 10.4 Å². The van der Waals surface area contributed by atoms with Crippen LogP contribution in [0.15, 0.2) is 36.5 Å². The Morgan fingerprint density at radius 3 is 2.29 bits per heavy atom. The Kier molecular flexibility index (Phi) is 8.37. The summed E-state index contributed by atoms with van der Waals surface area (Å²) < 4.78 is 63.8. The minimum atomic E-state index is -4.48. The van der Waals surface area contributed by atoms with E-state index in [4.69, 9.17) is 23.2 Å². The molecule has 1 aromatic carbocycles. The maximum Gasteiger partial charge on any atom is 0.417 e. The molecule has 208 valence electrons. The number of alkyl halides is 3. The third kappa shape index (κ3) is 6.47. The summed E-state index contributed by atoms with van der Waals surface area (Å²) in [6.45, 7) is 3.70. The van der Waals surface area contributed by atoms with E-state index in [1.54, 1.807) is 21.9 Å². The molecule has 38 heavy (non-hydrogen) atoms. The predicted octanol–water partition coefficient (Wildman–Crippen LogP) is 4.62. The molecule has 14 heteroatoms. The zero-order valence-corrected chi connectivity index (χ0v) is 23.1. The number of carbonyl (C=O) groups excluding carboxylic acids is 1. The van der Waals surface area contributed by atoms with Gasteiger partial charge in [0.05, 0.1) is 21.9 Å². The highest BCUT2D eigenvalue weighted by atomic mass is 35.5. The van der Waals surface area contributed by atoms with Crippen molar-refractivity contribution in [3.8, 4) is 0 Å². The van der Waals surface area contributed by atoms with Crippen LogP contribution in [0.5, 0.6) is 0 Å². The summed E-state index contributed by atoms with van der Waals surface area (Å²) in [7, 11) is -3.33. The van der Waals surface area contributed by atoms with Gasteiger partial charge in [-0.25, -0.2) is 18.2 Å². The van der Waals surface area contributed by atoms with Crippen molar-refractivity contribution in [2.24, 2.45) is 5.92 Å². The average molecular weight is 594 g/mol. The van der Waals surface area contributed by atoms with Gasteiger partial charge >= 0.3 is 12.2 Å². The van der Waals surface area contributed by atoms with Gasteiger partial charge in [-0.1, -0.05) is 29.3 Å². The van der Waals surface area contributed by atoms with Crippen LogP contribution in [0, 0.1) is 5.92 Å². The van der Waals surface area contributed by atoms with Crippen LogP contribution >= 0.6 is 23.2 Å². The zero-order valence-electron chi connectivity index (χ0n) is 20.8. The molecular weight excluding hydrogens is 566 g/mol. The first kappa shape index (κ1) is 28.7. The first-order valence-electron chi connectivity index (χ1n) is 12.0. The maximum atomic E-state index is 13.4. The van der Waals surface area contributed by atoms with Crippen molar-refractivity contribution in [2.75, 3.05) is 50.8 Å². The number of amides is 2. The second-order valence-electron chi connectivity index (χ2n) is 9.64. The van der Waals surface area contributed by atoms with E-state index in [1.807, 2.05) is 13.0 Å². The molecule has 2 aliphatic heterocycles. The Bertz CT molecular complexity index is 1270. The number of rotatable bonds is 5. The number of hydrogen-bond acceptors (Lipinski definition) is 5. The molecule has 2 aromatic rings. The van der Waals surface area contributed by atoms with E-state index >= 15 is 0 Å². The minimum absolute atomic E-state index is 0.127. The van der Waals surface area contributed by atoms with E-state index in [2.05, 4.69) is 10.3 Å². The monoisotopic (exact) mass is 593 g/mol. The summed E-state index contributed by atoms with van der Waals surface area (Å²) >= 11 is 12.4. The molecule has 0 bridgehead atoms. The molecule has 2 aliphatic rings. The van der Waals surface area contributed by atoms with Crippen molar-refractivity contribution in [1.29, 1.82) is 0 Å². The fourth-order valence-electron chi connectivity index (χ4n) is 4.99. The van der Waals surface area contributed by atoms with Gasteiger partial charge in [0.25, 0.3) is 0 Å². The highest BCUT2D eigenvalue weighted by molar-refractivity contribution is 7.88. The van der Waals surface area contributed by atoms with Gasteiger partial charge in [0, 0.05) is 63.3 Å². The van der Waals surface area contributed by atoms with Gasteiger partial charge in [-0.05, 0) is 36.8 Å². The van der Waals surface area contributed by atoms with Crippen LogP contribution in [0.4, 0.5) is 23.8 Å². The lowest BCUT2D eigenvalue weighted by atomic mass is 9.84. The van der Waals surface area contributed by atoms with Crippen molar-refractivity contribution in [3.63, 3.8) is 0 Å². The number of benzene rings is 1. The highest BCUT2D eigenvalue weighted by Crippen LogP contribution is 2.38. The van der Waals surface area contributed by atoms with Crippen LogP contribution in [0.3, 0.4) is 0 Å². The first-order valence-corrected chi connectivity index (χ1v) is 14.6. The molecule has 2 amide bonds. The molecule has 1 N–H and O–H groups in total. The number of aromatic nitrogens is 1. The van der Waals surface area contributed by atoms with Crippen molar-refractivity contribution in [2.45, 2.75) is 25.1 Å². The summed E-state index contributed by atoms with van der Waals surface area (Å²) in [6.07, 6.45) is -2.54. The maximum absolute atomic E-state index is 13.4. The van der Waals surface area contributed by atoms with Crippen LogP contribution in [-0.4, -0.2) is 85.1 Å². The number of carbonyl (C=O) groups is 1. The summed E-state index contributed by atoms with van der Waals surface area (Å²) in [5, 5.41) is 3.98. The topological polar surface area (TPSA) is 85.8 Å². The van der Waals surface area contributed by atoms with E-state index < -0.39 is 21.8 Å². The number of piperazine rings is 1. The SMILES string of the molecule is CC(Nc1ccc(C(F)(F)F)cn1)C1CN(C(=O)N2CCN(S(C)(=O)=O)CC2)C[C@@H]1c1ccc(Cl)c(Cl)c1. The number of hydrogen-bond donors (Lipinski definition) is 1. The molecule has 3 atom stereocenters. The summed E-state index contributed by atoms with van der Waals surface area (Å²) in [5.74, 6) is 0.0284. The van der Waals surface area contributed by atoms with E-state index in [9.17, 15) is 26.4 Å². The lowest BCUT2D eigenvalue weighted by Gasteiger charge is -2.35. The molecule has 8 nitrogen and oxygen atoms in total. The molecule has 2 saturated heterocycles. The van der Waals surface area contributed by atoms with Crippen LogP contribution in [0.1, 0.15) is 24.0 Å². The van der Waals surface area contributed by atoms with Crippen LogP contribution < -0.4 is 5.32 Å². The Morgan fingerprint density at radius 1 is 1.05 bits per heavy atom. The molecule has 1 aromatic heterocycles. The molecular formula is C24H28Cl2F3N5O3S. The quantitative estimate of drug-likeness (QED) is 0.547. The fraction of sp³-hybridized carbons (Fsp3) is 0.500. The molecule has 0 radical (unpaired) electrons. The van der Waals surface area contributed by atoms with Crippen LogP contribution in [0.2, 0.25) is 10.0 Å². The predicted molar refractivity (Wildman–Crippen MR) is 140 cm³/mol. The molecule has 0 aliphatic carbocycles. The van der Waals surface area contributed by atoms with Gasteiger partial charge < -0.3 is 15.1 Å². The lowest BCUT2D eigenvalue weighted by molar-refractivity contribution is -0.137. The van der Waals surface area contributed by atoms with Gasteiger partial charge in [-0.3, -0.25) is 0 Å². The van der Waals surface area contributed by atoms with E-state index in [0.717, 1.165) is 24.1 Å². The second-order valence-corrected chi connectivity index (χ2v) is 12.4. The standard InChI is InChI=1S/C24H28Cl2F3N5O3S/c1-15(31-22-6-4-17(12-30-22)24(27,28)29)18-13-33(14-19(18)16-3-5-20(25)21(26)11-16)23(35)32-7-9-34(10-8-32)38(2,36)37/h3-6,11-12,15,18-19H,7-10,13-14H2,1-2H3,(H,30,31)/t15?,18?,19-/m1/s1. The van der Waals surface area contributed by atoms with Gasteiger partial charge in [0.1, 0.15) is 5.82 Å². The first-order chi connectivity index (χ1) is 17.7. The number of nitrogens with one attached hydrogen (secondary N) is 1. The number of nitrogens with zero attached hydrogens (tertiary/aromatic N) is 4. The Hall–Kier alpha value is -2.28. The van der Waals surface area contributed by atoms with E-state index in [-0.39, 0.29) is 50.1 Å². The summed E-state index contributed by atoms with van der Waals surface area (Å²) in [4.78, 5) is 20.7. The van der Waals surface area contributed by atoms with Gasteiger partial charge in [-0.15, -0.1) is 0 Å². The fourth-order valence-corrected chi connectivity index (χ4v) is 6.12. The van der Waals surface area contributed by atoms with Crippen LogP contribution in [0.25, 0.3) is 0 Å². The van der Waals surface area contributed by atoms with E-state index in [0.29, 0.717) is 29.0 Å². The number of urea groups is 1. The Labute approximate surface area is 229 Å². The smallest absolute Gasteiger partial charge is 0.367 e. The summed E-state index contributed by atoms with van der Waals surface area (Å²) in [5.41, 5.74) is 0.0496. The van der Waals surface area contributed by atoms with Crippen molar-refractivity contribution in [1.82, 2.24) is 19.1 Å². The third-order valence-corrected chi connectivity index (χ3v) is 9.14. The van der Waals surface area contributed by atoms with Crippen molar-refractivity contribution >= 4 is 45.1 Å². The normalized spacial score (nSPS) is 22.0. The van der Waals surface area contributed by atoms with Gasteiger partial charge in [0.15, 0.2) is 0 Å². The van der Waals surface area contributed by atoms with Gasteiger partial charge in [0.2, 0.25) is 10.0 Å².